The van der Waals surface area contributed by atoms with Gasteiger partial charge in [0.05, 0.1) is 22.2 Å². The van der Waals surface area contributed by atoms with Gasteiger partial charge in [0.25, 0.3) is 0 Å². The van der Waals surface area contributed by atoms with Crippen LogP contribution in [0.15, 0.2) is 86.5 Å². The second-order valence-electron chi connectivity index (χ2n) is 7.70. The van der Waals surface area contributed by atoms with Crippen LogP contribution in [-0.4, -0.2) is 9.13 Å². The molecule has 0 radical (unpaired) electrons. The molecule has 0 unspecified atom stereocenters. The number of para-hydroxylation sites is 2. The molecule has 31 heavy (non-hydrogen) atoms. The van der Waals surface area contributed by atoms with Crippen LogP contribution in [0.2, 0.25) is 0 Å². The number of hydrogen-bond acceptors (Lipinski definition) is 0. The van der Waals surface area contributed by atoms with E-state index < -0.39 is 0 Å². The first-order chi connectivity index (χ1) is 15.2. The highest BCUT2D eigenvalue weighted by Gasteiger charge is 2.13. The Kier molecular flexibility index (Phi) is 4.48. The van der Waals surface area contributed by atoms with Gasteiger partial charge in [-0.3, -0.25) is 0 Å². The van der Waals surface area contributed by atoms with E-state index in [1.54, 1.807) is 0 Å². The SMILES string of the molecule is C=Cc1c(/C=C(\C)c2ccc3c4ccccc4n(C=C)c3c2)c2ccccc2n1C=C. The van der Waals surface area contributed by atoms with Crippen molar-refractivity contribution >= 4 is 62.8 Å². The summed E-state index contributed by atoms with van der Waals surface area (Å²) < 4.78 is 4.26. The van der Waals surface area contributed by atoms with Gasteiger partial charge in [0, 0.05) is 34.1 Å². The molecule has 2 aromatic heterocycles. The van der Waals surface area contributed by atoms with E-state index in [4.69, 9.17) is 0 Å². The molecule has 5 rings (SSSR count). The Labute approximate surface area is 182 Å². The lowest BCUT2D eigenvalue weighted by atomic mass is 10.0. The van der Waals surface area contributed by atoms with Crippen LogP contribution in [0.5, 0.6) is 0 Å². The largest absolute Gasteiger partial charge is 0.317 e. The average molecular weight is 401 g/mol. The van der Waals surface area contributed by atoms with E-state index in [0.717, 1.165) is 16.8 Å². The third kappa shape index (κ3) is 2.80. The van der Waals surface area contributed by atoms with Crippen molar-refractivity contribution in [3.63, 3.8) is 0 Å². The minimum Gasteiger partial charge on any atom is -0.317 e. The molecule has 0 aliphatic heterocycles. The second-order valence-corrected chi connectivity index (χ2v) is 7.70. The maximum Gasteiger partial charge on any atom is 0.0540 e. The molecule has 0 spiro atoms. The van der Waals surface area contributed by atoms with Crippen LogP contribution >= 0.6 is 0 Å². The van der Waals surface area contributed by atoms with Crippen molar-refractivity contribution in [1.82, 2.24) is 9.13 Å². The fraction of sp³-hybridized carbons (Fsp3) is 0.0345. The smallest absolute Gasteiger partial charge is 0.0540 e. The van der Waals surface area contributed by atoms with Gasteiger partial charge in [0.1, 0.15) is 0 Å². The number of rotatable bonds is 5. The van der Waals surface area contributed by atoms with Gasteiger partial charge in [-0.1, -0.05) is 68.3 Å². The van der Waals surface area contributed by atoms with Crippen LogP contribution in [0.4, 0.5) is 0 Å². The molecule has 3 aromatic carbocycles. The van der Waals surface area contributed by atoms with E-state index in [9.17, 15) is 0 Å². The van der Waals surface area contributed by atoms with Crippen molar-refractivity contribution in [3.8, 4) is 0 Å². The van der Waals surface area contributed by atoms with Crippen LogP contribution in [0.3, 0.4) is 0 Å². The monoisotopic (exact) mass is 400 g/mol. The minimum atomic E-state index is 1.05. The molecule has 0 N–H and O–H groups in total. The quantitative estimate of drug-likeness (QED) is 0.282. The molecule has 0 bridgehead atoms. The number of benzene rings is 3. The summed E-state index contributed by atoms with van der Waals surface area (Å²) in [4.78, 5) is 0. The summed E-state index contributed by atoms with van der Waals surface area (Å²) in [6.45, 7) is 14.2. The Morgan fingerprint density at radius 2 is 1.32 bits per heavy atom. The average Bonchev–Trinajstić information content (AvgIpc) is 3.30. The van der Waals surface area contributed by atoms with Crippen molar-refractivity contribution in [2.45, 2.75) is 6.92 Å². The maximum absolute atomic E-state index is 4.05. The molecule has 2 heteroatoms. The fourth-order valence-corrected chi connectivity index (χ4v) is 4.61. The van der Waals surface area contributed by atoms with E-state index in [1.165, 1.54) is 38.3 Å². The first-order valence-corrected chi connectivity index (χ1v) is 10.4. The summed E-state index contributed by atoms with van der Waals surface area (Å²) >= 11 is 0. The highest BCUT2D eigenvalue weighted by atomic mass is 15.0. The maximum atomic E-state index is 4.05. The highest BCUT2D eigenvalue weighted by Crippen LogP contribution is 2.34. The van der Waals surface area contributed by atoms with Crippen molar-refractivity contribution < 1.29 is 0 Å². The van der Waals surface area contributed by atoms with Crippen LogP contribution in [0, 0.1) is 0 Å². The summed E-state index contributed by atoms with van der Waals surface area (Å²) in [7, 11) is 0. The number of aromatic nitrogens is 2. The van der Waals surface area contributed by atoms with E-state index >= 15 is 0 Å². The Bertz CT molecular complexity index is 1540. The van der Waals surface area contributed by atoms with Gasteiger partial charge in [-0.25, -0.2) is 0 Å². The van der Waals surface area contributed by atoms with Crippen LogP contribution in [0.25, 0.3) is 62.8 Å². The van der Waals surface area contributed by atoms with Crippen molar-refractivity contribution in [2.75, 3.05) is 0 Å². The zero-order valence-electron chi connectivity index (χ0n) is 17.7. The Hall–Kier alpha value is -4.04. The van der Waals surface area contributed by atoms with Crippen molar-refractivity contribution in [3.05, 3.63) is 103 Å². The van der Waals surface area contributed by atoms with Gasteiger partial charge in [-0.05, 0) is 48.4 Å². The van der Waals surface area contributed by atoms with Crippen LogP contribution in [-0.2, 0) is 0 Å². The number of allylic oxidation sites excluding steroid dienone is 1. The Morgan fingerprint density at radius 1 is 0.710 bits per heavy atom. The summed E-state index contributed by atoms with van der Waals surface area (Å²) in [5.41, 5.74) is 8.06. The van der Waals surface area contributed by atoms with E-state index in [1.807, 2.05) is 18.5 Å². The van der Waals surface area contributed by atoms with Crippen LogP contribution < -0.4 is 0 Å². The standard InChI is InChI=1S/C29H24N2/c1-5-26-25(23-13-9-11-15-28(23)30(26)6-2)18-20(4)21-16-17-24-22-12-8-10-14-27(22)31(7-3)29(24)19-21/h5-19H,1-3H2,4H3/b20-18+. The van der Waals surface area contributed by atoms with Gasteiger partial charge >= 0.3 is 0 Å². The van der Waals surface area contributed by atoms with Gasteiger partial charge < -0.3 is 9.13 Å². The predicted octanol–water partition coefficient (Wildman–Crippen LogP) is 8.15. The first-order valence-electron chi connectivity index (χ1n) is 10.4. The molecule has 0 saturated carbocycles. The Morgan fingerprint density at radius 3 is 2.00 bits per heavy atom. The topological polar surface area (TPSA) is 9.86 Å². The molecule has 150 valence electrons. The summed E-state index contributed by atoms with van der Waals surface area (Å²) in [5, 5.41) is 3.67. The molecule has 2 heterocycles. The van der Waals surface area contributed by atoms with Crippen molar-refractivity contribution in [1.29, 1.82) is 0 Å². The lowest BCUT2D eigenvalue weighted by molar-refractivity contribution is 1.20. The molecule has 0 amide bonds. The van der Waals surface area contributed by atoms with Crippen LogP contribution in [0.1, 0.15) is 23.7 Å². The number of nitrogens with zero attached hydrogens (tertiary/aromatic N) is 2. The summed E-state index contributed by atoms with van der Waals surface area (Å²) in [6.07, 6.45) is 7.89. The summed E-state index contributed by atoms with van der Waals surface area (Å²) in [5.74, 6) is 0. The normalized spacial score (nSPS) is 12.0. The number of hydrogen-bond donors (Lipinski definition) is 0. The molecule has 0 aliphatic rings. The molecule has 0 fully saturated rings. The molecule has 5 aromatic rings. The molecule has 2 nitrogen and oxygen atoms in total. The third-order valence-electron chi connectivity index (χ3n) is 6.07. The molecular formula is C29H24N2. The lowest BCUT2D eigenvalue weighted by Gasteiger charge is -2.06. The van der Waals surface area contributed by atoms with Gasteiger partial charge in [-0.2, -0.15) is 0 Å². The molecule has 0 saturated heterocycles. The fourth-order valence-electron chi connectivity index (χ4n) is 4.61. The zero-order chi connectivity index (χ0) is 21.5. The summed E-state index contributed by atoms with van der Waals surface area (Å²) in [6, 6.07) is 23.5. The Balaban J connectivity index is 1.73. The van der Waals surface area contributed by atoms with Crippen molar-refractivity contribution in [2.24, 2.45) is 0 Å². The van der Waals surface area contributed by atoms with E-state index in [0.29, 0.717) is 0 Å². The van der Waals surface area contributed by atoms with Gasteiger partial charge in [0.2, 0.25) is 0 Å². The molecule has 0 atom stereocenters. The molecule has 0 aliphatic carbocycles. The predicted molar refractivity (Wildman–Crippen MR) is 138 cm³/mol. The van der Waals surface area contributed by atoms with Gasteiger partial charge in [0.15, 0.2) is 0 Å². The van der Waals surface area contributed by atoms with Gasteiger partial charge in [-0.15, -0.1) is 0 Å². The zero-order valence-corrected chi connectivity index (χ0v) is 17.7. The lowest BCUT2D eigenvalue weighted by Crippen LogP contribution is -1.89. The first kappa shape index (κ1) is 19.0. The third-order valence-corrected chi connectivity index (χ3v) is 6.07. The molecular weight excluding hydrogens is 376 g/mol. The second kappa shape index (κ2) is 7.33. The van der Waals surface area contributed by atoms with E-state index in [2.05, 4.69) is 109 Å². The van der Waals surface area contributed by atoms with E-state index in [-0.39, 0.29) is 0 Å². The minimum absolute atomic E-state index is 1.05. The number of fused-ring (bicyclic) bond motifs is 4. The highest BCUT2D eigenvalue weighted by molar-refractivity contribution is 6.10.